The molecule has 1 amide bonds. The second-order valence-corrected chi connectivity index (χ2v) is 7.67. The van der Waals surface area contributed by atoms with Gasteiger partial charge in [0.25, 0.3) is 5.91 Å². The molecule has 0 radical (unpaired) electrons. The average molecular weight is 324 g/mol. The Morgan fingerprint density at radius 1 is 1.32 bits per heavy atom. The van der Waals surface area contributed by atoms with Crippen molar-refractivity contribution in [3.63, 3.8) is 0 Å². The van der Waals surface area contributed by atoms with Crippen LogP contribution in [0.2, 0.25) is 0 Å². The van der Waals surface area contributed by atoms with Gasteiger partial charge in [0.2, 0.25) is 0 Å². The molecule has 0 bridgehead atoms. The minimum Gasteiger partial charge on any atom is -0.481 e. The fourth-order valence-corrected chi connectivity index (χ4v) is 3.76. The molecule has 5 nitrogen and oxygen atoms in total. The number of aryl methyl sites for hydroxylation is 1. The Kier molecular flexibility index (Phi) is 5.56. The number of aromatic nitrogens is 1. The first-order valence-electron chi connectivity index (χ1n) is 7.86. The van der Waals surface area contributed by atoms with Gasteiger partial charge in [-0.1, -0.05) is 13.8 Å². The number of nitrogens with zero attached hydrogens (tertiary/aromatic N) is 1. The summed E-state index contributed by atoms with van der Waals surface area (Å²) in [5, 5.41) is 13.0. The number of carboxylic acids is 1. The Morgan fingerprint density at radius 2 is 1.95 bits per heavy atom. The summed E-state index contributed by atoms with van der Waals surface area (Å²) in [7, 11) is 0. The summed E-state index contributed by atoms with van der Waals surface area (Å²) >= 11 is 1.44. The van der Waals surface area contributed by atoms with Crippen LogP contribution in [0.5, 0.6) is 0 Å². The van der Waals surface area contributed by atoms with Crippen molar-refractivity contribution in [3.05, 3.63) is 15.6 Å². The Bertz CT molecular complexity index is 546. The number of aliphatic carboxylic acids is 1. The van der Waals surface area contributed by atoms with Crippen molar-refractivity contribution in [3.8, 4) is 0 Å². The zero-order valence-corrected chi connectivity index (χ0v) is 14.2. The fraction of sp³-hybridized carbons (Fsp3) is 0.688. The maximum Gasteiger partial charge on any atom is 0.306 e. The van der Waals surface area contributed by atoms with Crippen LogP contribution in [-0.2, 0) is 11.2 Å². The van der Waals surface area contributed by atoms with Crippen LogP contribution in [0.25, 0.3) is 0 Å². The maximum absolute atomic E-state index is 12.5. The van der Waals surface area contributed by atoms with Crippen LogP contribution in [-0.4, -0.2) is 28.0 Å². The lowest BCUT2D eigenvalue weighted by Gasteiger charge is -2.26. The van der Waals surface area contributed by atoms with E-state index in [1.54, 1.807) is 0 Å². The highest BCUT2D eigenvalue weighted by Crippen LogP contribution is 2.26. The van der Waals surface area contributed by atoms with E-state index >= 15 is 0 Å². The van der Waals surface area contributed by atoms with Crippen molar-refractivity contribution in [2.45, 2.75) is 58.9 Å². The Morgan fingerprint density at radius 3 is 2.50 bits per heavy atom. The minimum atomic E-state index is -0.720. The fourth-order valence-electron chi connectivity index (χ4n) is 2.91. The highest BCUT2D eigenvalue weighted by molar-refractivity contribution is 7.13. The molecular formula is C16H24N2O3S. The third-order valence-electron chi connectivity index (χ3n) is 4.02. The van der Waals surface area contributed by atoms with Gasteiger partial charge < -0.3 is 10.4 Å². The van der Waals surface area contributed by atoms with E-state index in [0.717, 1.165) is 30.0 Å². The second-order valence-electron chi connectivity index (χ2n) is 6.47. The molecule has 0 aliphatic heterocycles. The van der Waals surface area contributed by atoms with Crippen molar-refractivity contribution in [1.29, 1.82) is 0 Å². The first-order valence-corrected chi connectivity index (χ1v) is 8.68. The van der Waals surface area contributed by atoms with Crippen LogP contribution in [0, 0.1) is 18.8 Å². The third kappa shape index (κ3) is 4.29. The summed E-state index contributed by atoms with van der Waals surface area (Å²) in [6.45, 7) is 6.15. The van der Waals surface area contributed by atoms with E-state index < -0.39 is 5.97 Å². The van der Waals surface area contributed by atoms with E-state index in [1.807, 2.05) is 6.92 Å². The van der Waals surface area contributed by atoms with Gasteiger partial charge in [-0.3, -0.25) is 9.59 Å². The number of carboxylic acid groups (broad SMARTS) is 1. The molecule has 1 heterocycles. The van der Waals surface area contributed by atoms with Gasteiger partial charge in [0.05, 0.1) is 16.6 Å². The Balaban J connectivity index is 1.97. The number of carbonyl (C=O) groups is 2. The first kappa shape index (κ1) is 16.9. The van der Waals surface area contributed by atoms with E-state index in [0.29, 0.717) is 23.6 Å². The number of amides is 1. The lowest BCUT2D eigenvalue weighted by atomic mass is 9.86. The van der Waals surface area contributed by atoms with Gasteiger partial charge in [0.1, 0.15) is 4.88 Å². The number of carbonyl (C=O) groups excluding carboxylic acids is 1. The van der Waals surface area contributed by atoms with Gasteiger partial charge >= 0.3 is 5.97 Å². The highest BCUT2D eigenvalue weighted by atomic mass is 32.1. The Labute approximate surface area is 135 Å². The molecule has 1 saturated carbocycles. The van der Waals surface area contributed by atoms with Crippen molar-refractivity contribution >= 4 is 23.2 Å². The zero-order chi connectivity index (χ0) is 16.3. The minimum absolute atomic E-state index is 0.0555. The Hall–Kier alpha value is -1.43. The molecule has 1 fully saturated rings. The zero-order valence-electron chi connectivity index (χ0n) is 13.4. The number of hydrogen-bond acceptors (Lipinski definition) is 4. The van der Waals surface area contributed by atoms with Crippen LogP contribution in [0.15, 0.2) is 0 Å². The van der Waals surface area contributed by atoms with Crippen molar-refractivity contribution in [2.75, 3.05) is 0 Å². The highest BCUT2D eigenvalue weighted by Gasteiger charge is 2.28. The van der Waals surface area contributed by atoms with E-state index in [4.69, 9.17) is 5.11 Å². The van der Waals surface area contributed by atoms with Crippen LogP contribution >= 0.6 is 11.3 Å². The lowest BCUT2D eigenvalue weighted by molar-refractivity contribution is -0.142. The van der Waals surface area contributed by atoms with Crippen molar-refractivity contribution in [2.24, 2.45) is 11.8 Å². The molecule has 1 aliphatic carbocycles. The summed E-state index contributed by atoms with van der Waals surface area (Å²) in [6, 6.07) is 0.0809. The largest absolute Gasteiger partial charge is 0.481 e. The number of hydrogen-bond donors (Lipinski definition) is 2. The molecule has 2 rings (SSSR count). The smallest absolute Gasteiger partial charge is 0.306 e. The third-order valence-corrected chi connectivity index (χ3v) is 5.04. The molecule has 0 atom stereocenters. The van der Waals surface area contributed by atoms with Gasteiger partial charge in [-0.05, 0) is 44.9 Å². The van der Waals surface area contributed by atoms with E-state index in [2.05, 4.69) is 24.1 Å². The maximum atomic E-state index is 12.5. The molecule has 0 saturated heterocycles. The van der Waals surface area contributed by atoms with Gasteiger partial charge in [-0.15, -0.1) is 11.3 Å². The summed E-state index contributed by atoms with van der Waals surface area (Å²) in [6.07, 6.45) is 3.56. The number of rotatable bonds is 5. The summed E-state index contributed by atoms with van der Waals surface area (Å²) in [4.78, 5) is 28.6. The number of thiazole rings is 1. The summed E-state index contributed by atoms with van der Waals surface area (Å²) in [5.41, 5.74) is 0.884. The molecule has 1 aliphatic rings. The van der Waals surface area contributed by atoms with E-state index in [1.165, 1.54) is 11.3 Å². The molecule has 0 spiro atoms. The molecule has 0 aromatic carbocycles. The summed E-state index contributed by atoms with van der Waals surface area (Å²) < 4.78 is 0. The van der Waals surface area contributed by atoms with Crippen LogP contribution in [0.3, 0.4) is 0 Å². The average Bonchev–Trinajstić information content (AvgIpc) is 2.79. The number of nitrogens with one attached hydrogen (secondary N) is 1. The molecule has 122 valence electrons. The second kappa shape index (κ2) is 7.22. The normalized spacial score (nSPS) is 21.8. The predicted molar refractivity (Wildman–Crippen MR) is 86.2 cm³/mol. The van der Waals surface area contributed by atoms with Crippen molar-refractivity contribution < 1.29 is 14.7 Å². The van der Waals surface area contributed by atoms with Crippen LogP contribution < -0.4 is 5.32 Å². The van der Waals surface area contributed by atoms with Gasteiger partial charge in [0.15, 0.2) is 0 Å². The van der Waals surface area contributed by atoms with Crippen LogP contribution in [0.1, 0.15) is 59.9 Å². The topological polar surface area (TPSA) is 79.3 Å². The molecule has 0 unspecified atom stereocenters. The monoisotopic (exact) mass is 324 g/mol. The molecule has 6 heteroatoms. The standard InChI is InChI=1S/C16H24N2O3S/c1-9(2)8-13-14(22-10(3)17-13)15(19)18-12-6-4-11(5-7-12)16(20)21/h9,11-12H,4-8H2,1-3H3,(H,18,19)(H,20,21). The molecule has 2 N–H and O–H groups in total. The summed E-state index contributed by atoms with van der Waals surface area (Å²) in [5.74, 6) is -0.573. The van der Waals surface area contributed by atoms with Crippen molar-refractivity contribution in [1.82, 2.24) is 10.3 Å². The molecule has 22 heavy (non-hydrogen) atoms. The van der Waals surface area contributed by atoms with E-state index in [9.17, 15) is 9.59 Å². The van der Waals surface area contributed by atoms with Gasteiger partial charge in [-0.2, -0.15) is 0 Å². The van der Waals surface area contributed by atoms with Crippen LogP contribution in [0.4, 0.5) is 0 Å². The molecular weight excluding hydrogens is 300 g/mol. The van der Waals surface area contributed by atoms with Gasteiger partial charge in [0, 0.05) is 6.04 Å². The SMILES string of the molecule is Cc1nc(CC(C)C)c(C(=O)NC2CCC(C(=O)O)CC2)s1. The molecule has 1 aromatic heterocycles. The quantitative estimate of drug-likeness (QED) is 0.872. The van der Waals surface area contributed by atoms with E-state index in [-0.39, 0.29) is 17.9 Å². The molecule has 1 aromatic rings. The van der Waals surface area contributed by atoms with Gasteiger partial charge in [-0.25, -0.2) is 4.98 Å². The lowest BCUT2D eigenvalue weighted by Crippen LogP contribution is -2.38. The first-order chi connectivity index (χ1) is 10.4. The predicted octanol–water partition coefficient (Wildman–Crippen LogP) is 3.02.